The van der Waals surface area contributed by atoms with Crippen molar-refractivity contribution in [2.45, 2.75) is 118 Å². The van der Waals surface area contributed by atoms with E-state index in [2.05, 4.69) is 88.1 Å². The molecule has 3 saturated carbocycles. The van der Waals surface area contributed by atoms with Crippen molar-refractivity contribution >= 4 is 10.9 Å². The number of fused-ring (bicyclic) bond motifs is 9. The van der Waals surface area contributed by atoms with Crippen LogP contribution in [-0.2, 0) is 13.0 Å². The summed E-state index contributed by atoms with van der Waals surface area (Å²) < 4.78 is 6.25. The summed E-state index contributed by atoms with van der Waals surface area (Å²) in [7, 11) is 0. The topological polar surface area (TPSA) is 25.0 Å². The molecule has 0 radical (unpaired) electrons. The third kappa shape index (κ3) is 4.75. The van der Waals surface area contributed by atoms with Crippen molar-refractivity contribution in [2.75, 3.05) is 0 Å². The summed E-state index contributed by atoms with van der Waals surface area (Å²) in [5, 5.41) is 1.40. The highest BCUT2D eigenvalue weighted by molar-refractivity contribution is 5.86. The molecule has 2 heteroatoms. The van der Waals surface area contributed by atoms with Crippen molar-refractivity contribution in [3.63, 3.8) is 0 Å². The normalized spacial score (nSPS) is 34.5. The molecule has 1 heterocycles. The average Bonchev–Trinajstić information content (AvgIpc) is 3.53. The monoisotopic (exact) mass is 565 g/mol. The van der Waals surface area contributed by atoms with Crippen LogP contribution in [0.25, 0.3) is 10.9 Å². The molecule has 3 fully saturated rings. The molecule has 1 aromatic heterocycles. The molecule has 1 N–H and O–H groups in total. The third-order valence-corrected chi connectivity index (χ3v) is 13.5. The second-order valence-electron chi connectivity index (χ2n) is 16.0. The number of rotatable bonds is 8. The highest BCUT2D eigenvalue weighted by Crippen LogP contribution is 2.69. The molecule has 0 bridgehead atoms. The molecule has 8 atom stereocenters. The Morgan fingerprint density at radius 3 is 2.48 bits per heavy atom. The van der Waals surface area contributed by atoms with Crippen LogP contribution < -0.4 is 4.74 Å². The van der Waals surface area contributed by atoms with E-state index < -0.39 is 0 Å². The third-order valence-electron chi connectivity index (χ3n) is 13.5. The Morgan fingerprint density at radius 1 is 0.857 bits per heavy atom. The summed E-state index contributed by atoms with van der Waals surface area (Å²) in [5.74, 6) is 7.17. The number of aryl methyl sites for hydroxylation is 1. The summed E-state index contributed by atoms with van der Waals surface area (Å²) in [5.41, 5.74) is 6.71. The second kappa shape index (κ2) is 11.0. The van der Waals surface area contributed by atoms with Gasteiger partial charge in [0.25, 0.3) is 0 Å². The fourth-order valence-corrected chi connectivity index (χ4v) is 11.4. The summed E-state index contributed by atoms with van der Waals surface area (Å²) in [6.45, 7) is 13.5. The van der Waals surface area contributed by atoms with Gasteiger partial charge in [-0.1, -0.05) is 84.2 Å². The maximum atomic E-state index is 6.25. The van der Waals surface area contributed by atoms with Gasteiger partial charge in [0, 0.05) is 22.5 Å². The Bertz CT molecular complexity index is 1390. The molecule has 0 saturated heterocycles. The zero-order valence-electron chi connectivity index (χ0n) is 27.1. The van der Waals surface area contributed by atoms with Gasteiger partial charge in [-0.3, -0.25) is 0 Å². The van der Waals surface area contributed by atoms with Gasteiger partial charge in [0.05, 0.1) is 0 Å². The average molecular weight is 566 g/mol. The molecule has 42 heavy (non-hydrogen) atoms. The minimum atomic E-state index is 0.436. The maximum Gasteiger partial charge on any atom is 0.120 e. The van der Waals surface area contributed by atoms with E-state index in [-0.39, 0.29) is 0 Å². The number of H-pyrrole nitrogens is 1. The van der Waals surface area contributed by atoms with Crippen LogP contribution in [-0.4, -0.2) is 4.98 Å². The van der Waals surface area contributed by atoms with Gasteiger partial charge in [0.15, 0.2) is 0 Å². The first kappa shape index (κ1) is 28.5. The Kier molecular flexibility index (Phi) is 7.51. The van der Waals surface area contributed by atoms with Crippen molar-refractivity contribution in [3.8, 4) is 5.75 Å². The van der Waals surface area contributed by atoms with Crippen molar-refractivity contribution in [1.29, 1.82) is 0 Å². The van der Waals surface area contributed by atoms with Gasteiger partial charge < -0.3 is 9.72 Å². The molecular weight excluding hydrogens is 510 g/mol. The van der Waals surface area contributed by atoms with Crippen molar-refractivity contribution in [2.24, 2.45) is 46.3 Å². The summed E-state index contributed by atoms with van der Waals surface area (Å²) in [4.78, 5) is 3.98. The molecule has 0 spiro atoms. The summed E-state index contributed by atoms with van der Waals surface area (Å²) in [6.07, 6.45) is 15.6. The lowest BCUT2D eigenvalue weighted by Crippen LogP contribution is -2.52. The standard InChI is InChI=1S/C40H55NO/c1-26(2)10-9-11-27(3)33-17-18-34-31-15-16-36-38-30(20-22-40(36,5)35(31)21-23-39(33,34)4)32-24-29(14-19-37(32)41-38)42-25-28-12-7-6-8-13-28/h6-8,12-14,19,24,26-27,31,33-36,41H,9-11,15-18,20-23,25H2,1-5H3/t27-,31+,33-,34+,35+,36-,39-,40-/m1/s1. The van der Waals surface area contributed by atoms with E-state index in [1.165, 1.54) is 87.1 Å². The molecule has 2 aromatic carbocycles. The Balaban J connectivity index is 1.09. The molecule has 2 nitrogen and oxygen atoms in total. The number of nitrogens with one attached hydrogen (secondary N) is 1. The van der Waals surface area contributed by atoms with Crippen LogP contribution in [0.15, 0.2) is 48.5 Å². The number of benzene rings is 2. The number of aromatic amines is 1. The van der Waals surface area contributed by atoms with Gasteiger partial charge in [0.1, 0.15) is 12.4 Å². The Hall–Kier alpha value is -2.22. The van der Waals surface area contributed by atoms with E-state index in [1.807, 2.05) is 0 Å². The number of hydrogen-bond donors (Lipinski definition) is 1. The molecule has 4 aliphatic rings. The van der Waals surface area contributed by atoms with Crippen LogP contribution in [0.3, 0.4) is 0 Å². The van der Waals surface area contributed by atoms with E-state index in [0.29, 0.717) is 23.4 Å². The lowest BCUT2D eigenvalue weighted by atomic mass is 9.44. The van der Waals surface area contributed by atoms with E-state index in [9.17, 15) is 0 Å². The van der Waals surface area contributed by atoms with Gasteiger partial charge in [0.2, 0.25) is 0 Å². The lowest BCUT2D eigenvalue weighted by molar-refractivity contribution is -0.0901. The lowest BCUT2D eigenvalue weighted by Gasteiger charge is -2.60. The van der Waals surface area contributed by atoms with Crippen LogP contribution >= 0.6 is 0 Å². The zero-order chi connectivity index (χ0) is 29.1. The van der Waals surface area contributed by atoms with Gasteiger partial charge in [-0.25, -0.2) is 0 Å². The molecule has 4 aliphatic carbocycles. The van der Waals surface area contributed by atoms with Crippen LogP contribution in [0.5, 0.6) is 5.75 Å². The first-order valence-electron chi connectivity index (χ1n) is 17.6. The fraction of sp³-hybridized carbons (Fsp3) is 0.650. The zero-order valence-corrected chi connectivity index (χ0v) is 27.1. The number of hydrogen-bond acceptors (Lipinski definition) is 1. The summed E-state index contributed by atoms with van der Waals surface area (Å²) in [6, 6.07) is 17.3. The van der Waals surface area contributed by atoms with Gasteiger partial charge in [-0.05, 0) is 127 Å². The highest BCUT2D eigenvalue weighted by Gasteiger charge is 2.61. The van der Waals surface area contributed by atoms with Crippen LogP contribution in [0.1, 0.15) is 122 Å². The van der Waals surface area contributed by atoms with Gasteiger partial charge >= 0.3 is 0 Å². The maximum absolute atomic E-state index is 6.25. The van der Waals surface area contributed by atoms with Crippen LogP contribution in [0, 0.1) is 46.3 Å². The quantitative estimate of drug-likeness (QED) is 0.289. The minimum Gasteiger partial charge on any atom is -0.489 e. The van der Waals surface area contributed by atoms with E-state index in [4.69, 9.17) is 4.74 Å². The molecule has 226 valence electrons. The Morgan fingerprint density at radius 2 is 1.67 bits per heavy atom. The van der Waals surface area contributed by atoms with E-state index in [0.717, 1.165) is 41.3 Å². The van der Waals surface area contributed by atoms with E-state index in [1.54, 1.807) is 11.3 Å². The van der Waals surface area contributed by atoms with Crippen molar-refractivity contribution in [3.05, 3.63) is 65.4 Å². The van der Waals surface area contributed by atoms with Gasteiger partial charge in [-0.2, -0.15) is 0 Å². The largest absolute Gasteiger partial charge is 0.489 e. The second-order valence-corrected chi connectivity index (χ2v) is 16.0. The molecule has 0 amide bonds. The molecule has 3 aromatic rings. The van der Waals surface area contributed by atoms with Gasteiger partial charge in [-0.15, -0.1) is 0 Å². The van der Waals surface area contributed by atoms with Crippen LogP contribution in [0.2, 0.25) is 0 Å². The first-order valence-corrected chi connectivity index (χ1v) is 17.6. The minimum absolute atomic E-state index is 0.436. The van der Waals surface area contributed by atoms with Crippen molar-refractivity contribution < 1.29 is 4.74 Å². The predicted octanol–water partition coefficient (Wildman–Crippen LogP) is 11.1. The fourth-order valence-electron chi connectivity index (χ4n) is 11.4. The number of ether oxygens (including phenoxy) is 1. The predicted molar refractivity (Wildman–Crippen MR) is 176 cm³/mol. The van der Waals surface area contributed by atoms with Crippen molar-refractivity contribution in [1.82, 2.24) is 4.98 Å². The highest BCUT2D eigenvalue weighted by atomic mass is 16.5. The van der Waals surface area contributed by atoms with Crippen LogP contribution in [0.4, 0.5) is 0 Å². The SMILES string of the molecule is CC(C)CCC[C@@H](C)[C@H]1CC[C@H]2[C@@H]3CC[C@@H]4c5[nH]c6ccc(OCc7ccccc7)cc6c5CC[C@]4(C)[C@H]3CC[C@]12C. The first-order chi connectivity index (χ1) is 20.3. The molecular formula is C40H55NO. The molecule has 7 rings (SSSR count). The molecule has 0 unspecified atom stereocenters. The Labute approximate surface area is 255 Å². The summed E-state index contributed by atoms with van der Waals surface area (Å²) >= 11 is 0. The molecule has 0 aliphatic heterocycles. The number of aromatic nitrogens is 1. The van der Waals surface area contributed by atoms with E-state index >= 15 is 0 Å². The smallest absolute Gasteiger partial charge is 0.120 e.